The van der Waals surface area contributed by atoms with Crippen LogP contribution < -0.4 is 0 Å². The Labute approximate surface area is 82.0 Å². The molecule has 0 aromatic heterocycles. The minimum atomic E-state index is -0.141. The number of aliphatic hydroxyl groups excluding tert-OH is 2. The molecule has 0 aliphatic heterocycles. The molecule has 80 valence electrons. The van der Waals surface area contributed by atoms with Crippen LogP contribution in [0.1, 0.15) is 58.8 Å². The Morgan fingerprint density at radius 2 is 1.00 bits per heavy atom. The van der Waals surface area contributed by atoms with Gasteiger partial charge in [-0.15, -0.1) is 0 Å². The second kappa shape index (κ2) is 8.52. The van der Waals surface area contributed by atoms with Gasteiger partial charge in [0.1, 0.15) is 0 Å². The van der Waals surface area contributed by atoms with Crippen LogP contribution in [-0.2, 0) is 0 Å². The highest BCUT2D eigenvalue weighted by Gasteiger charge is 1.97. The van der Waals surface area contributed by atoms with E-state index in [-0.39, 0.29) is 12.2 Å². The largest absolute Gasteiger partial charge is 0.393 e. The molecular formula is C11H24O2. The van der Waals surface area contributed by atoms with E-state index in [1.54, 1.807) is 0 Å². The molecule has 0 aromatic carbocycles. The Morgan fingerprint density at radius 3 is 1.31 bits per heavy atom. The van der Waals surface area contributed by atoms with Crippen molar-refractivity contribution >= 4 is 0 Å². The normalized spacial score (nSPS) is 15.7. The van der Waals surface area contributed by atoms with E-state index in [1.807, 2.05) is 13.8 Å². The summed E-state index contributed by atoms with van der Waals surface area (Å²) in [6, 6.07) is 0. The molecule has 0 aliphatic carbocycles. The third-order valence-electron chi connectivity index (χ3n) is 2.24. The van der Waals surface area contributed by atoms with Crippen LogP contribution in [0.15, 0.2) is 0 Å². The van der Waals surface area contributed by atoms with Crippen molar-refractivity contribution in [2.24, 2.45) is 0 Å². The predicted molar refractivity (Wildman–Crippen MR) is 55.7 cm³/mol. The van der Waals surface area contributed by atoms with Gasteiger partial charge >= 0.3 is 0 Å². The zero-order chi connectivity index (χ0) is 10.1. The zero-order valence-corrected chi connectivity index (χ0v) is 9.00. The molecule has 0 aliphatic rings. The molecule has 2 atom stereocenters. The van der Waals surface area contributed by atoms with Crippen LogP contribution in [0.3, 0.4) is 0 Å². The smallest absolute Gasteiger partial charge is 0.0512 e. The lowest BCUT2D eigenvalue weighted by Gasteiger charge is -2.05. The first kappa shape index (κ1) is 12.9. The molecular weight excluding hydrogens is 164 g/mol. The minimum Gasteiger partial charge on any atom is -0.393 e. The van der Waals surface area contributed by atoms with Gasteiger partial charge < -0.3 is 10.2 Å². The number of unbranched alkanes of at least 4 members (excludes halogenated alkanes) is 4. The highest BCUT2D eigenvalue weighted by Crippen LogP contribution is 2.09. The maximum Gasteiger partial charge on any atom is 0.0512 e. The Morgan fingerprint density at radius 1 is 0.692 bits per heavy atom. The summed E-state index contributed by atoms with van der Waals surface area (Å²) in [5, 5.41) is 18.0. The lowest BCUT2D eigenvalue weighted by atomic mass is 10.1. The van der Waals surface area contributed by atoms with Crippen LogP contribution in [0.2, 0.25) is 0 Å². The number of hydrogen-bond donors (Lipinski definition) is 2. The van der Waals surface area contributed by atoms with Gasteiger partial charge in [0.25, 0.3) is 0 Å². The number of hydrogen-bond acceptors (Lipinski definition) is 2. The molecule has 0 amide bonds. The van der Waals surface area contributed by atoms with Gasteiger partial charge in [-0.2, -0.15) is 0 Å². The summed E-state index contributed by atoms with van der Waals surface area (Å²) in [4.78, 5) is 0. The fraction of sp³-hybridized carbons (Fsp3) is 1.00. The standard InChI is InChI=1S/C11H24O2/c1-10(12)8-6-4-3-5-7-9-11(2)13/h10-13H,3-9H2,1-2H3/t10-,11?/m0/s1. The Balaban J connectivity index is 2.92. The van der Waals surface area contributed by atoms with E-state index in [4.69, 9.17) is 10.2 Å². The molecule has 2 N–H and O–H groups in total. The summed E-state index contributed by atoms with van der Waals surface area (Å²) in [7, 11) is 0. The van der Waals surface area contributed by atoms with Crippen molar-refractivity contribution in [2.45, 2.75) is 71.0 Å². The maximum atomic E-state index is 8.99. The fourth-order valence-electron chi connectivity index (χ4n) is 1.41. The fourth-order valence-corrected chi connectivity index (χ4v) is 1.41. The van der Waals surface area contributed by atoms with E-state index in [1.165, 1.54) is 19.3 Å². The molecule has 1 unspecified atom stereocenters. The van der Waals surface area contributed by atoms with Crippen molar-refractivity contribution in [3.05, 3.63) is 0 Å². The van der Waals surface area contributed by atoms with Crippen molar-refractivity contribution in [2.75, 3.05) is 0 Å². The van der Waals surface area contributed by atoms with E-state index < -0.39 is 0 Å². The molecule has 0 radical (unpaired) electrons. The molecule has 0 heterocycles. The first-order chi connectivity index (χ1) is 6.13. The molecule has 0 saturated heterocycles. The van der Waals surface area contributed by atoms with E-state index in [9.17, 15) is 0 Å². The molecule has 0 saturated carbocycles. The first-order valence-corrected chi connectivity index (χ1v) is 5.49. The number of aliphatic hydroxyl groups is 2. The highest BCUT2D eigenvalue weighted by atomic mass is 16.3. The third kappa shape index (κ3) is 11.9. The molecule has 0 rings (SSSR count). The van der Waals surface area contributed by atoms with Crippen LogP contribution in [-0.4, -0.2) is 22.4 Å². The van der Waals surface area contributed by atoms with Crippen molar-refractivity contribution < 1.29 is 10.2 Å². The van der Waals surface area contributed by atoms with Crippen LogP contribution >= 0.6 is 0 Å². The topological polar surface area (TPSA) is 40.5 Å². The molecule has 0 fully saturated rings. The SMILES string of the molecule is CC(O)CCCCCCC[C@H](C)O. The van der Waals surface area contributed by atoms with E-state index in [2.05, 4.69) is 0 Å². The Kier molecular flexibility index (Phi) is 8.46. The summed E-state index contributed by atoms with van der Waals surface area (Å²) < 4.78 is 0. The van der Waals surface area contributed by atoms with Gasteiger partial charge in [0.05, 0.1) is 12.2 Å². The monoisotopic (exact) mass is 188 g/mol. The van der Waals surface area contributed by atoms with E-state index in [0.29, 0.717) is 0 Å². The molecule has 2 nitrogen and oxygen atoms in total. The van der Waals surface area contributed by atoms with Gasteiger partial charge in [0, 0.05) is 0 Å². The average molecular weight is 188 g/mol. The van der Waals surface area contributed by atoms with Crippen molar-refractivity contribution in [3.8, 4) is 0 Å². The van der Waals surface area contributed by atoms with Gasteiger partial charge in [-0.05, 0) is 26.7 Å². The summed E-state index contributed by atoms with van der Waals surface area (Å²) in [6.45, 7) is 3.68. The van der Waals surface area contributed by atoms with Crippen LogP contribution in [0, 0.1) is 0 Å². The highest BCUT2D eigenvalue weighted by molar-refractivity contribution is 4.51. The molecule has 13 heavy (non-hydrogen) atoms. The molecule has 0 bridgehead atoms. The minimum absolute atomic E-state index is 0.141. The maximum absolute atomic E-state index is 8.99. The number of rotatable bonds is 8. The van der Waals surface area contributed by atoms with Gasteiger partial charge in [-0.1, -0.05) is 32.1 Å². The summed E-state index contributed by atoms with van der Waals surface area (Å²) in [6.07, 6.45) is 7.50. The van der Waals surface area contributed by atoms with Gasteiger partial charge in [0.2, 0.25) is 0 Å². The first-order valence-electron chi connectivity index (χ1n) is 5.49. The summed E-state index contributed by atoms with van der Waals surface area (Å²) in [5.41, 5.74) is 0. The van der Waals surface area contributed by atoms with Crippen LogP contribution in [0.5, 0.6) is 0 Å². The second-order valence-corrected chi connectivity index (χ2v) is 4.04. The van der Waals surface area contributed by atoms with Crippen LogP contribution in [0.25, 0.3) is 0 Å². The Bertz CT molecular complexity index is 88.3. The van der Waals surface area contributed by atoms with Crippen molar-refractivity contribution in [1.82, 2.24) is 0 Å². The summed E-state index contributed by atoms with van der Waals surface area (Å²) >= 11 is 0. The zero-order valence-electron chi connectivity index (χ0n) is 9.00. The van der Waals surface area contributed by atoms with Gasteiger partial charge in [0.15, 0.2) is 0 Å². The Hall–Kier alpha value is -0.0800. The molecule has 2 heteroatoms. The lowest BCUT2D eigenvalue weighted by molar-refractivity contribution is 0.177. The predicted octanol–water partition coefficient (Wildman–Crippen LogP) is 2.48. The molecule has 0 spiro atoms. The summed E-state index contributed by atoms with van der Waals surface area (Å²) in [5.74, 6) is 0. The van der Waals surface area contributed by atoms with Crippen molar-refractivity contribution in [1.29, 1.82) is 0 Å². The van der Waals surface area contributed by atoms with Crippen LogP contribution in [0.4, 0.5) is 0 Å². The third-order valence-corrected chi connectivity index (χ3v) is 2.24. The van der Waals surface area contributed by atoms with Gasteiger partial charge in [-0.3, -0.25) is 0 Å². The van der Waals surface area contributed by atoms with Crippen molar-refractivity contribution in [3.63, 3.8) is 0 Å². The van der Waals surface area contributed by atoms with E-state index in [0.717, 1.165) is 25.7 Å². The second-order valence-electron chi connectivity index (χ2n) is 4.04. The van der Waals surface area contributed by atoms with E-state index >= 15 is 0 Å². The molecule has 0 aromatic rings. The average Bonchev–Trinajstić information content (AvgIpc) is 2.01. The lowest BCUT2D eigenvalue weighted by Crippen LogP contribution is -1.99. The van der Waals surface area contributed by atoms with Gasteiger partial charge in [-0.25, -0.2) is 0 Å². The quantitative estimate of drug-likeness (QED) is 0.574.